The maximum Gasteiger partial charge on any atom is 0.0611 e. The monoisotopic (exact) mass is 239 g/mol. The van der Waals surface area contributed by atoms with E-state index in [0.717, 1.165) is 17.9 Å². The largest absolute Gasteiger partial charge is 0.390 e. The summed E-state index contributed by atoms with van der Waals surface area (Å²) in [5.74, 6) is 0. The van der Waals surface area contributed by atoms with Crippen LogP contribution in [0, 0.1) is 0 Å². The van der Waals surface area contributed by atoms with Crippen molar-refractivity contribution in [2.24, 2.45) is 0 Å². The van der Waals surface area contributed by atoms with Gasteiger partial charge in [0.2, 0.25) is 0 Å². The van der Waals surface area contributed by atoms with Crippen LogP contribution in [0.25, 0.3) is 0 Å². The minimum atomic E-state index is -0.620. The Morgan fingerprint density at radius 1 is 1.50 bits per heavy atom. The first-order valence-electron chi connectivity index (χ1n) is 5.60. The molecule has 16 heavy (non-hydrogen) atoms. The Labute approximate surface area is 102 Å². The number of anilines is 1. The Bertz CT molecular complexity index is 397. The lowest BCUT2D eigenvalue weighted by Gasteiger charge is -2.28. The third kappa shape index (κ3) is 2.33. The van der Waals surface area contributed by atoms with Gasteiger partial charge in [-0.1, -0.05) is 11.6 Å². The third-order valence-electron chi connectivity index (χ3n) is 3.16. The number of aliphatic hydroxyl groups is 1. The van der Waals surface area contributed by atoms with Crippen LogP contribution in [0.4, 0.5) is 5.69 Å². The molecular weight excluding hydrogens is 222 g/mol. The van der Waals surface area contributed by atoms with E-state index in [1.54, 1.807) is 0 Å². The third-order valence-corrected chi connectivity index (χ3v) is 3.40. The number of fused-ring (bicyclic) bond motifs is 1. The van der Waals surface area contributed by atoms with Crippen molar-refractivity contribution in [1.29, 1.82) is 0 Å². The summed E-state index contributed by atoms with van der Waals surface area (Å²) in [4.78, 5) is 2.24. The molecule has 0 fully saturated rings. The fraction of sp³-hybridized carbons (Fsp3) is 0.538. The summed E-state index contributed by atoms with van der Waals surface area (Å²) in [6.45, 7) is 3.72. The summed E-state index contributed by atoms with van der Waals surface area (Å²) in [6.07, 6.45) is 1.74. The van der Waals surface area contributed by atoms with Crippen molar-refractivity contribution >= 4 is 17.3 Å². The highest BCUT2D eigenvalue weighted by Crippen LogP contribution is 2.35. The van der Waals surface area contributed by atoms with Crippen LogP contribution in [0.5, 0.6) is 0 Å². The molecule has 1 aromatic carbocycles. The molecule has 0 saturated carbocycles. The smallest absolute Gasteiger partial charge is 0.0611 e. The Balaban J connectivity index is 2.20. The lowest BCUT2D eigenvalue weighted by molar-refractivity contribution is 0.0639. The van der Waals surface area contributed by atoms with Crippen LogP contribution in [-0.2, 0) is 6.42 Å². The SMILES string of the molecule is CN1c2ccc(Cl)cc2CC1CC(C)(C)O. The molecule has 0 aromatic heterocycles. The summed E-state index contributed by atoms with van der Waals surface area (Å²) >= 11 is 5.98. The van der Waals surface area contributed by atoms with Gasteiger partial charge in [-0.3, -0.25) is 0 Å². The summed E-state index contributed by atoms with van der Waals surface area (Å²) in [5.41, 5.74) is 1.90. The summed E-state index contributed by atoms with van der Waals surface area (Å²) in [6, 6.07) is 6.37. The molecule has 1 atom stereocenters. The molecule has 2 rings (SSSR count). The molecular formula is C13H18ClNO. The molecule has 1 unspecified atom stereocenters. The first-order chi connectivity index (χ1) is 7.37. The van der Waals surface area contributed by atoms with Crippen molar-refractivity contribution in [2.45, 2.75) is 38.3 Å². The summed E-state index contributed by atoms with van der Waals surface area (Å²) in [5, 5.41) is 10.7. The normalized spacial score (nSPS) is 20.1. The Kier molecular flexibility index (Phi) is 2.89. The van der Waals surface area contributed by atoms with Gasteiger partial charge in [-0.05, 0) is 50.5 Å². The van der Waals surface area contributed by atoms with Gasteiger partial charge in [0, 0.05) is 23.8 Å². The van der Waals surface area contributed by atoms with Gasteiger partial charge >= 0.3 is 0 Å². The van der Waals surface area contributed by atoms with Gasteiger partial charge in [-0.25, -0.2) is 0 Å². The van der Waals surface area contributed by atoms with E-state index < -0.39 is 5.60 Å². The van der Waals surface area contributed by atoms with Crippen LogP contribution in [0.15, 0.2) is 18.2 Å². The van der Waals surface area contributed by atoms with E-state index in [9.17, 15) is 5.11 Å². The number of halogens is 1. The number of rotatable bonds is 2. The second kappa shape index (κ2) is 3.94. The predicted octanol–water partition coefficient (Wildman–Crippen LogP) is 2.86. The Morgan fingerprint density at radius 2 is 2.19 bits per heavy atom. The molecule has 1 aliphatic rings. The first-order valence-corrected chi connectivity index (χ1v) is 5.98. The molecule has 0 amide bonds. The average molecular weight is 240 g/mol. The van der Waals surface area contributed by atoms with Crippen LogP contribution in [0.2, 0.25) is 5.02 Å². The van der Waals surface area contributed by atoms with Gasteiger partial charge in [-0.2, -0.15) is 0 Å². The summed E-state index contributed by atoms with van der Waals surface area (Å²) < 4.78 is 0. The van der Waals surface area contributed by atoms with E-state index in [-0.39, 0.29) is 0 Å². The number of benzene rings is 1. The first kappa shape index (κ1) is 11.7. The zero-order valence-electron chi connectivity index (χ0n) is 10.00. The molecule has 1 aromatic rings. The Morgan fingerprint density at radius 3 is 2.81 bits per heavy atom. The second-order valence-electron chi connectivity index (χ2n) is 5.26. The van der Waals surface area contributed by atoms with Crippen LogP contribution in [0.3, 0.4) is 0 Å². The van der Waals surface area contributed by atoms with Crippen molar-refractivity contribution in [3.63, 3.8) is 0 Å². The Hall–Kier alpha value is -0.730. The predicted molar refractivity (Wildman–Crippen MR) is 68.3 cm³/mol. The van der Waals surface area contributed by atoms with Gasteiger partial charge in [0.1, 0.15) is 0 Å². The van der Waals surface area contributed by atoms with Crippen LogP contribution in [0.1, 0.15) is 25.8 Å². The fourth-order valence-corrected chi connectivity index (χ4v) is 2.63. The van der Waals surface area contributed by atoms with Crippen molar-refractivity contribution in [3.8, 4) is 0 Å². The molecule has 1 N–H and O–H groups in total. The van der Waals surface area contributed by atoms with Crippen LogP contribution >= 0.6 is 11.6 Å². The molecule has 0 spiro atoms. The van der Waals surface area contributed by atoms with E-state index >= 15 is 0 Å². The standard InChI is InChI=1S/C13H18ClNO/c1-13(2,16)8-11-7-9-6-10(14)4-5-12(9)15(11)3/h4-6,11,16H,7-8H2,1-3H3. The molecule has 0 aliphatic carbocycles. The zero-order valence-corrected chi connectivity index (χ0v) is 10.8. The van der Waals surface area contributed by atoms with E-state index in [0.29, 0.717) is 6.04 Å². The highest BCUT2D eigenvalue weighted by molar-refractivity contribution is 6.30. The maximum atomic E-state index is 9.88. The second-order valence-corrected chi connectivity index (χ2v) is 5.69. The van der Waals surface area contributed by atoms with Crippen molar-refractivity contribution in [3.05, 3.63) is 28.8 Å². The molecule has 1 heterocycles. The van der Waals surface area contributed by atoms with E-state index in [2.05, 4.69) is 18.0 Å². The highest BCUT2D eigenvalue weighted by atomic mass is 35.5. The van der Waals surface area contributed by atoms with Gasteiger partial charge in [0.05, 0.1) is 5.60 Å². The summed E-state index contributed by atoms with van der Waals surface area (Å²) in [7, 11) is 2.08. The number of likely N-dealkylation sites (N-methyl/N-ethyl adjacent to an activating group) is 1. The maximum absolute atomic E-state index is 9.88. The van der Waals surface area contributed by atoms with Crippen molar-refractivity contribution in [1.82, 2.24) is 0 Å². The topological polar surface area (TPSA) is 23.5 Å². The number of hydrogen-bond donors (Lipinski definition) is 1. The molecule has 0 radical (unpaired) electrons. The molecule has 0 bridgehead atoms. The van der Waals surface area contributed by atoms with Crippen LogP contribution < -0.4 is 4.90 Å². The van der Waals surface area contributed by atoms with Crippen LogP contribution in [-0.4, -0.2) is 23.8 Å². The van der Waals surface area contributed by atoms with Gasteiger partial charge in [-0.15, -0.1) is 0 Å². The van der Waals surface area contributed by atoms with Gasteiger partial charge in [0.15, 0.2) is 0 Å². The minimum Gasteiger partial charge on any atom is -0.390 e. The van der Waals surface area contributed by atoms with E-state index in [4.69, 9.17) is 11.6 Å². The van der Waals surface area contributed by atoms with Crippen molar-refractivity contribution < 1.29 is 5.11 Å². The fourth-order valence-electron chi connectivity index (χ4n) is 2.43. The minimum absolute atomic E-state index is 0.369. The molecule has 3 heteroatoms. The molecule has 88 valence electrons. The number of hydrogen-bond acceptors (Lipinski definition) is 2. The lowest BCUT2D eigenvalue weighted by Crippen LogP contribution is -2.35. The lowest BCUT2D eigenvalue weighted by atomic mass is 9.96. The highest BCUT2D eigenvalue weighted by Gasteiger charge is 2.30. The molecule has 1 aliphatic heterocycles. The average Bonchev–Trinajstić information content (AvgIpc) is 2.40. The zero-order chi connectivity index (χ0) is 11.9. The molecule has 0 saturated heterocycles. The van der Waals surface area contributed by atoms with E-state index in [1.165, 1.54) is 11.3 Å². The van der Waals surface area contributed by atoms with Gasteiger partial charge < -0.3 is 10.0 Å². The quantitative estimate of drug-likeness (QED) is 0.858. The van der Waals surface area contributed by atoms with Crippen molar-refractivity contribution in [2.75, 3.05) is 11.9 Å². The molecule has 2 nitrogen and oxygen atoms in total. The van der Waals surface area contributed by atoms with E-state index in [1.807, 2.05) is 26.0 Å². The van der Waals surface area contributed by atoms with Gasteiger partial charge in [0.25, 0.3) is 0 Å². The number of nitrogens with zero attached hydrogens (tertiary/aromatic N) is 1.